The topological polar surface area (TPSA) is 101 Å². The van der Waals surface area contributed by atoms with Gasteiger partial charge in [0.2, 0.25) is 0 Å². The Morgan fingerprint density at radius 3 is 2.32 bits per heavy atom. The highest BCUT2D eigenvalue weighted by molar-refractivity contribution is 6.31. The quantitative estimate of drug-likeness (QED) is 0.485. The number of hydrogen-bond acceptors (Lipinski definition) is 5. The Hall–Kier alpha value is -3.40. The summed E-state index contributed by atoms with van der Waals surface area (Å²) in [4.78, 5) is 21.4. The van der Waals surface area contributed by atoms with Gasteiger partial charge in [0.05, 0.1) is 24.9 Å². The number of hydrogen-bond donors (Lipinski definition) is 2. The van der Waals surface area contributed by atoms with Crippen molar-refractivity contribution in [2.75, 3.05) is 39.5 Å². The lowest BCUT2D eigenvalue weighted by atomic mass is 10.2. The lowest BCUT2D eigenvalue weighted by molar-refractivity contribution is -0.134. The van der Waals surface area contributed by atoms with E-state index in [4.69, 9.17) is 31.3 Å². The van der Waals surface area contributed by atoms with Gasteiger partial charge in [-0.15, -0.1) is 0 Å². The van der Waals surface area contributed by atoms with Crippen molar-refractivity contribution in [2.45, 2.75) is 0 Å². The van der Waals surface area contributed by atoms with Gasteiger partial charge in [0.1, 0.15) is 18.2 Å². The van der Waals surface area contributed by atoms with Crippen LogP contribution in [0, 0.1) is 5.82 Å². The minimum atomic E-state index is -1.26. The molecular formula is C24H24ClFN2O6. The molecule has 1 aromatic heterocycles. The van der Waals surface area contributed by atoms with Gasteiger partial charge in [-0.2, -0.15) is 0 Å². The summed E-state index contributed by atoms with van der Waals surface area (Å²) in [5, 5.41) is 17.2. The molecule has 180 valence electrons. The first-order valence-corrected chi connectivity index (χ1v) is 10.8. The van der Waals surface area contributed by atoms with E-state index in [1.54, 1.807) is 12.1 Å². The number of carbonyl (C=O) groups is 2. The average Bonchev–Trinajstić information content (AvgIpc) is 3.17. The van der Waals surface area contributed by atoms with Crippen molar-refractivity contribution in [1.29, 1.82) is 0 Å². The number of nitrogens with zero attached hydrogens (tertiary/aromatic N) is 2. The number of morpholine rings is 1. The zero-order chi connectivity index (χ0) is 24.5. The molecule has 2 N–H and O–H groups in total. The number of benzene rings is 2. The van der Waals surface area contributed by atoms with Gasteiger partial charge in [-0.3, -0.25) is 4.90 Å². The molecule has 1 aliphatic heterocycles. The Balaban J connectivity index is 0.000000350. The molecule has 0 aliphatic carbocycles. The second-order valence-electron chi connectivity index (χ2n) is 7.31. The van der Waals surface area contributed by atoms with E-state index in [-0.39, 0.29) is 5.82 Å². The maximum Gasteiger partial charge on any atom is 0.328 e. The minimum Gasteiger partial charge on any atom is -0.490 e. The van der Waals surface area contributed by atoms with Crippen molar-refractivity contribution >= 4 is 34.4 Å². The fourth-order valence-electron chi connectivity index (χ4n) is 3.35. The van der Waals surface area contributed by atoms with Crippen molar-refractivity contribution in [2.24, 2.45) is 0 Å². The molecule has 4 rings (SSSR count). The van der Waals surface area contributed by atoms with Crippen LogP contribution in [-0.2, 0) is 14.3 Å². The Bertz CT molecular complexity index is 1140. The van der Waals surface area contributed by atoms with Crippen molar-refractivity contribution < 1.29 is 33.7 Å². The standard InChI is InChI=1S/C20H20ClFN2O2.C4H4O4/c21-15-1-6-19-18(13-15)20(26-12-9-23-7-10-25-11-8-23)14-24(19)17-4-2-16(22)3-5-17;5-3(6)1-2-4(7)8/h1-6,13-14H,7-12H2;1-2H,(H,5,6)(H,7,8). The largest absolute Gasteiger partial charge is 0.490 e. The molecule has 0 atom stereocenters. The van der Waals surface area contributed by atoms with E-state index in [0.29, 0.717) is 23.8 Å². The Kier molecular flexibility index (Phi) is 9.03. The molecule has 0 bridgehead atoms. The summed E-state index contributed by atoms with van der Waals surface area (Å²) in [5.41, 5.74) is 1.85. The summed E-state index contributed by atoms with van der Waals surface area (Å²) in [5.74, 6) is -1.99. The molecule has 0 saturated carbocycles. The van der Waals surface area contributed by atoms with Crippen molar-refractivity contribution in [3.63, 3.8) is 0 Å². The van der Waals surface area contributed by atoms with E-state index >= 15 is 0 Å². The number of halogens is 2. The Labute approximate surface area is 200 Å². The zero-order valence-corrected chi connectivity index (χ0v) is 18.9. The summed E-state index contributed by atoms with van der Waals surface area (Å²) in [6, 6.07) is 12.1. The number of aliphatic carboxylic acids is 2. The predicted molar refractivity (Wildman–Crippen MR) is 125 cm³/mol. The third kappa shape index (κ3) is 7.31. The summed E-state index contributed by atoms with van der Waals surface area (Å²) < 4.78 is 26.7. The normalized spacial score (nSPS) is 14.1. The molecule has 1 saturated heterocycles. The molecule has 2 heterocycles. The summed E-state index contributed by atoms with van der Waals surface area (Å²) >= 11 is 6.19. The van der Waals surface area contributed by atoms with E-state index in [1.807, 2.05) is 29.0 Å². The molecule has 3 aromatic rings. The maximum absolute atomic E-state index is 13.3. The van der Waals surface area contributed by atoms with Crippen LogP contribution in [0.15, 0.2) is 60.8 Å². The second kappa shape index (κ2) is 12.2. The van der Waals surface area contributed by atoms with Crippen LogP contribution >= 0.6 is 11.6 Å². The number of carboxylic acid groups (broad SMARTS) is 2. The summed E-state index contributed by atoms with van der Waals surface area (Å²) in [6.45, 7) is 4.88. The van der Waals surface area contributed by atoms with Crippen LogP contribution in [0.3, 0.4) is 0 Å². The molecular weight excluding hydrogens is 467 g/mol. The first-order valence-electron chi connectivity index (χ1n) is 10.5. The third-order valence-electron chi connectivity index (χ3n) is 4.97. The average molecular weight is 491 g/mol. The van der Waals surface area contributed by atoms with E-state index in [2.05, 4.69) is 4.90 Å². The molecule has 0 spiro atoms. The SMILES string of the molecule is Fc1ccc(-n2cc(OCCN3CCOCC3)c3cc(Cl)ccc32)cc1.O=C(O)C=CC(=O)O. The first kappa shape index (κ1) is 25.2. The fraction of sp³-hybridized carbons (Fsp3) is 0.250. The van der Waals surface area contributed by atoms with E-state index in [9.17, 15) is 14.0 Å². The highest BCUT2D eigenvalue weighted by Gasteiger charge is 2.14. The Morgan fingerprint density at radius 1 is 1.06 bits per heavy atom. The fourth-order valence-corrected chi connectivity index (χ4v) is 3.53. The van der Waals surface area contributed by atoms with Crippen LogP contribution in [-0.4, -0.2) is 71.1 Å². The van der Waals surface area contributed by atoms with Crippen LogP contribution in [0.5, 0.6) is 5.75 Å². The van der Waals surface area contributed by atoms with E-state index < -0.39 is 11.9 Å². The lowest BCUT2D eigenvalue weighted by Crippen LogP contribution is -2.38. The first-order chi connectivity index (χ1) is 16.3. The highest BCUT2D eigenvalue weighted by Crippen LogP contribution is 2.32. The van der Waals surface area contributed by atoms with Gasteiger partial charge in [0.25, 0.3) is 0 Å². The second-order valence-corrected chi connectivity index (χ2v) is 7.75. The van der Waals surface area contributed by atoms with Crippen LogP contribution in [0.4, 0.5) is 4.39 Å². The number of carboxylic acids is 2. The van der Waals surface area contributed by atoms with Crippen LogP contribution in [0.25, 0.3) is 16.6 Å². The third-order valence-corrected chi connectivity index (χ3v) is 5.21. The predicted octanol–water partition coefficient (Wildman–Crippen LogP) is 3.85. The molecule has 0 radical (unpaired) electrons. The van der Waals surface area contributed by atoms with Crippen molar-refractivity contribution in [1.82, 2.24) is 9.47 Å². The number of rotatable bonds is 7. The number of aromatic nitrogens is 1. The maximum atomic E-state index is 13.3. The molecule has 8 nitrogen and oxygen atoms in total. The summed E-state index contributed by atoms with van der Waals surface area (Å²) in [6.07, 6.45) is 3.05. The van der Waals surface area contributed by atoms with Crippen LogP contribution in [0.1, 0.15) is 0 Å². The van der Waals surface area contributed by atoms with Gasteiger partial charge in [0, 0.05) is 47.9 Å². The van der Waals surface area contributed by atoms with Crippen molar-refractivity contribution in [3.8, 4) is 11.4 Å². The zero-order valence-electron chi connectivity index (χ0n) is 18.2. The Morgan fingerprint density at radius 2 is 1.71 bits per heavy atom. The van der Waals surface area contributed by atoms with Gasteiger partial charge in [-0.1, -0.05) is 11.6 Å². The van der Waals surface area contributed by atoms with Crippen LogP contribution < -0.4 is 4.74 Å². The minimum absolute atomic E-state index is 0.254. The van der Waals surface area contributed by atoms with Gasteiger partial charge >= 0.3 is 11.9 Å². The molecule has 34 heavy (non-hydrogen) atoms. The molecule has 0 unspecified atom stereocenters. The molecule has 10 heteroatoms. The highest BCUT2D eigenvalue weighted by atomic mass is 35.5. The molecule has 2 aromatic carbocycles. The van der Waals surface area contributed by atoms with Gasteiger partial charge in [-0.05, 0) is 42.5 Å². The van der Waals surface area contributed by atoms with E-state index in [1.165, 1.54) is 12.1 Å². The molecule has 1 fully saturated rings. The molecule has 0 amide bonds. The monoisotopic (exact) mass is 490 g/mol. The van der Waals surface area contributed by atoms with Crippen molar-refractivity contribution in [3.05, 3.63) is 71.7 Å². The van der Waals surface area contributed by atoms with Gasteiger partial charge in [0.15, 0.2) is 0 Å². The lowest BCUT2D eigenvalue weighted by Gasteiger charge is -2.26. The molecule has 1 aliphatic rings. The smallest absolute Gasteiger partial charge is 0.328 e. The van der Waals surface area contributed by atoms with Gasteiger partial charge in [-0.25, -0.2) is 14.0 Å². The number of ether oxygens (including phenoxy) is 2. The van der Waals surface area contributed by atoms with E-state index in [0.717, 1.165) is 55.2 Å². The summed E-state index contributed by atoms with van der Waals surface area (Å²) in [7, 11) is 0. The van der Waals surface area contributed by atoms with Gasteiger partial charge < -0.3 is 24.3 Å². The van der Waals surface area contributed by atoms with Crippen LogP contribution in [0.2, 0.25) is 5.02 Å². The number of fused-ring (bicyclic) bond motifs is 1.